The van der Waals surface area contributed by atoms with Crippen molar-refractivity contribution in [3.63, 3.8) is 0 Å². The molecule has 26 heavy (non-hydrogen) atoms. The van der Waals surface area contributed by atoms with Crippen LogP contribution in [0.5, 0.6) is 0 Å². The van der Waals surface area contributed by atoms with Gasteiger partial charge in [-0.3, -0.25) is 4.79 Å². The number of hydrogen-bond acceptors (Lipinski definition) is 5. The molecule has 3 rings (SSSR count). The molecule has 2 aromatic rings. The van der Waals surface area contributed by atoms with Crippen LogP contribution in [-0.4, -0.2) is 40.1 Å². The van der Waals surface area contributed by atoms with Crippen molar-refractivity contribution < 1.29 is 13.9 Å². The Morgan fingerprint density at radius 2 is 2.27 bits per heavy atom. The maximum absolute atomic E-state index is 13.1. The van der Waals surface area contributed by atoms with Crippen LogP contribution in [0.15, 0.2) is 27.7 Å². The van der Waals surface area contributed by atoms with Crippen molar-refractivity contribution in [2.45, 2.75) is 39.2 Å². The van der Waals surface area contributed by atoms with E-state index in [0.717, 1.165) is 18.7 Å². The smallest absolute Gasteiger partial charge is 0.349 e. The largest absolute Gasteiger partial charge is 0.427 e. The third kappa shape index (κ3) is 3.72. The summed E-state index contributed by atoms with van der Waals surface area (Å²) in [6.07, 6.45) is 5.15. The number of imidazole rings is 1. The molecule has 7 nitrogen and oxygen atoms in total. The van der Waals surface area contributed by atoms with Crippen molar-refractivity contribution in [1.82, 2.24) is 14.5 Å². The zero-order valence-corrected chi connectivity index (χ0v) is 15.5. The summed E-state index contributed by atoms with van der Waals surface area (Å²) in [5, 5.41) is 0. The first-order valence-corrected chi connectivity index (χ1v) is 8.99. The van der Waals surface area contributed by atoms with Gasteiger partial charge in [0, 0.05) is 38.5 Å². The first kappa shape index (κ1) is 18.4. The van der Waals surface area contributed by atoms with Crippen LogP contribution in [0.1, 0.15) is 53.2 Å². The van der Waals surface area contributed by atoms with Crippen molar-refractivity contribution in [3.8, 4) is 0 Å². The third-order valence-electron chi connectivity index (χ3n) is 4.75. The van der Waals surface area contributed by atoms with Crippen LogP contribution in [0.25, 0.3) is 0 Å². The number of aromatic nitrogens is 2. The summed E-state index contributed by atoms with van der Waals surface area (Å²) < 4.78 is 12.7. The summed E-state index contributed by atoms with van der Waals surface area (Å²) in [5.74, 6) is 1.15. The molecule has 2 aromatic heterocycles. The van der Waals surface area contributed by atoms with Crippen molar-refractivity contribution in [2.24, 2.45) is 7.05 Å². The van der Waals surface area contributed by atoms with Crippen LogP contribution in [0.3, 0.4) is 0 Å². The van der Waals surface area contributed by atoms with E-state index in [1.54, 1.807) is 24.1 Å². The number of amides is 1. The fourth-order valence-corrected chi connectivity index (χ4v) is 3.25. The standard InChI is InChI=1S/C19H25N3O4/c1-4-7-22(11-16-20-6-8-21(16)3)18(23)17-13(2)10-15(26-19(17)24)14-5-9-25-12-14/h6,8,10,14H,4-5,7,9,11-12H2,1-3H3. The number of rotatable bonds is 6. The summed E-state index contributed by atoms with van der Waals surface area (Å²) >= 11 is 0. The second-order valence-corrected chi connectivity index (χ2v) is 6.74. The fraction of sp³-hybridized carbons (Fsp3) is 0.526. The molecule has 1 fully saturated rings. The molecule has 1 unspecified atom stereocenters. The van der Waals surface area contributed by atoms with Crippen LogP contribution >= 0.6 is 0 Å². The summed E-state index contributed by atoms with van der Waals surface area (Å²) in [6, 6.07) is 1.80. The Kier molecular flexibility index (Phi) is 5.56. The van der Waals surface area contributed by atoms with E-state index in [-0.39, 0.29) is 17.4 Å². The highest BCUT2D eigenvalue weighted by Gasteiger charge is 2.26. The lowest BCUT2D eigenvalue weighted by Gasteiger charge is -2.22. The number of hydrogen-bond donors (Lipinski definition) is 0. The van der Waals surface area contributed by atoms with Gasteiger partial charge in [-0.25, -0.2) is 9.78 Å². The molecule has 0 aliphatic carbocycles. The molecule has 0 radical (unpaired) electrons. The number of carbonyl (C=O) groups is 1. The van der Waals surface area contributed by atoms with Crippen molar-refractivity contribution in [2.75, 3.05) is 19.8 Å². The van der Waals surface area contributed by atoms with Gasteiger partial charge in [-0.15, -0.1) is 0 Å². The highest BCUT2D eigenvalue weighted by atomic mass is 16.5. The molecule has 3 heterocycles. The summed E-state index contributed by atoms with van der Waals surface area (Å²) in [6.45, 7) is 5.90. The van der Waals surface area contributed by atoms with Crippen LogP contribution in [0, 0.1) is 6.92 Å². The molecule has 0 spiro atoms. The monoisotopic (exact) mass is 359 g/mol. The molecule has 1 aliphatic rings. The van der Waals surface area contributed by atoms with E-state index < -0.39 is 5.63 Å². The molecular formula is C19H25N3O4. The molecule has 0 bridgehead atoms. The van der Waals surface area contributed by atoms with Crippen molar-refractivity contribution in [3.05, 3.63) is 51.6 Å². The van der Waals surface area contributed by atoms with Gasteiger partial charge in [0.1, 0.15) is 17.1 Å². The maximum atomic E-state index is 13.1. The first-order valence-electron chi connectivity index (χ1n) is 8.99. The molecule has 7 heteroatoms. The maximum Gasteiger partial charge on any atom is 0.349 e. The van der Waals surface area contributed by atoms with E-state index in [4.69, 9.17) is 9.15 Å². The number of nitrogens with zero attached hydrogens (tertiary/aromatic N) is 3. The number of ether oxygens (including phenoxy) is 1. The molecule has 0 aromatic carbocycles. The van der Waals surface area contributed by atoms with Crippen LogP contribution in [0.2, 0.25) is 0 Å². The van der Waals surface area contributed by atoms with Gasteiger partial charge in [-0.2, -0.15) is 0 Å². The topological polar surface area (TPSA) is 77.6 Å². The van der Waals surface area contributed by atoms with Crippen molar-refractivity contribution in [1.29, 1.82) is 0 Å². The lowest BCUT2D eigenvalue weighted by molar-refractivity contribution is 0.0731. The lowest BCUT2D eigenvalue weighted by Crippen LogP contribution is -2.36. The number of carbonyl (C=O) groups excluding carboxylic acids is 1. The van der Waals surface area contributed by atoms with E-state index in [0.29, 0.717) is 37.6 Å². The summed E-state index contributed by atoms with van der Waals surface area (Å²) in [7, 11) is 1.88. The van der Waals surface area contributed by atoms with E-state index in [2.05, 4.69) is 4.98 Å². The number of aryl methyl sites for hydroxylation is 2. The van der Waals surface area contributed by atoms with Gasteiger partial charge in [0.2, 0.25) is 0 Å². The van der Waals surface area contributed by atoms with E-state index in [1.165, 1.54) is 0 Å². The van der Waals surface area contributed by atoms with Gasteiger partial charge in [0.15, 0.2) is 0 Å². The van der Waals surface area contributed by atoms with Gasteiger partial charge in [0.25, 0.3) is 5.91 Å². The van der Waals surface area contributed by atoms with Gasteiger partial charge >= 0.3 is 5.63 Å². The fourth-order valence-electron chi connectivity index (χ4n) is 3.25. The molecular weight excluding hydrogens is 334 g/mol. The molecule has 1 saturated heterocycles. The van der Waals surface area contributed by atoms with E-state index in [1.807, 2.05) is 24.7 Å². The van der Waals surface area contributed by atoms with E-state index >= 15 is 0 Å². The molecule has 1 aliphatic heterocycles. The Labute approximate surface area is 152 Å². The Hall–Kier alpha value is -2.41. The van der Waals surface area contributed by atoms with E-state index in [9.17, 15) is 9.59 Å². The van der Waals surface area contributed by atoms with Crippen LogP contribution in [0.4, 0.5) is 0 Å². The minimum atomic E-state index is -0.571. The molecule has 0 N–H and O–H groups in total. The normalized spacial score (nSPS) is 16.8. The Balaban J connectivity index is 1.88. The highest BCUT2D eigenvalue weighted by Crippen LogP contribution is 2.25. The zero-order chi connectivity index (χ0) is 18.7. The summed E-state index contributed by atoms with van der Waals surface area (Å²) in [5.41, 5.74) is 0.183. The minimum absolute atomic E-state index is 0.0878. The first-order chi connectivity index (χ1) is 12.5. The Morgan fingerprint density at radius 3 is 2.85 bits per heavy atom. The Bertz CT molecular complexity index is 834. The predicted octanol–water partition coefficient (Wildman–Crippen LogP) is 2.24. The minimum Gasteiger partial charge on any atom is -0.427 e. The average molecular weight is 359 g/mol. The van der Waals surface area contributed by atoms with Gasteiger partial charge in [-0.1, -0.05) is 6.92 Å². The van der Waals surface area contributed by atoms with Crippen LogP contribution in [-0.2, 0) is 18.3 Å². The predicted molar refractivity (Wildman–Crippen MR) is 96.1 cm³/mol. The molecule has 1 atom stereocenters. The second kappa shape index (κ2) is 7.86. The van der Waals surface area contributed by atoms with Crippen LogP contribution < -0.4 is 5.63 Å². The SMILES string of the molecule is CCCN(Cc1nccn1C)C(=O)c1c(C)cc(C2CCOC2)oc1=O. The molecule has 0 saturated carbocycles. The molecule has 1 amide bonds. The van der Waals surface area contributed by atoms with Gasteiger partial charge in [0.05, 0.1) is 13.2 Å². The zero-order valence-electron chi connectivity index (χ0n) is 15.5. The lowest BCUT2D eigenvalue weighted by atomic mass is 10.0. The van der Waals surface area contributed by atoms with Gasteiger partial charge in [-0.05, 0) is 31.4 Å². The Morgan fingerprint density at radius 1 is 1.46 bits per heavy atom. The highest BCUT2D eigenvalue weighted by molar-refractivity contribution is 5.95. The quantitative estimate of drug-likeness (QED) is 0.790. The van der Waals surface area contributed by atoms with Gasteiger partial charge < -0.3 is 18.6 Å². The summed E-state index contributed by atoms with van der Waals surface area (Å²) in [4.78, 5) is 31.5. The molecule has 140 valence electrons. The van der Waals surface area contributed by atoms with Crippen molar-refractivity contribution >= 4 is 5.91 Å². The second-order valence-electron chi connectivity index (χ2n) is 6.74. The third-order valence-corrected chi connectivity index (χ3v) is 4.75. The average Bonchev–Trinajstić information content (AvgIpc) is 3.26.